The van der Waals surface area contributed by atoms with Crippen molar-refractivity contribution in [3.05, 3.63) is 53.1 Å². The van der Waals surface area contributed by atoms with Crippen LogP contribution in [0.5, 0.6) is 5.75 Å². The Balaban J connectivity index is 2.36. The number of carbonyl (C=O) groups is 1. The summed E-state index contributed by atoms with van der Waals surface area (Å²) in [4.78, 5) is 12.1. The van der Waals surface area contributed by atoms with Gasteiger partial charge in [-0.1, -0.05) is 6.07 Å². The number of carbonyl (C=O) groups excluding carboxylic acids is 1. The van der Waals surface area contributed by atoms with Crippen molar-refractivity contribution in [2.75, 3.05) is 19.4 Å². The van der Waals surface area contributed by atoms with Gasteiger partial charge in [-0.2, -0.15) is 8.78 Å². The van der Waals surface area contributed by atoms with Crippen molar-refractivity contribution in [3.8, 4) is 5.75 Å². The van der Waals surface area contributed by atoms with Gasteiger partial charge in [-0.05, 0) is 24.6 Å². The van der Waals surface area contributed by atoms with Crippen molar-refractivity contribution in [1.29, 1.82) is 0 Å². The lowest BCUT2D eigenvalue weighted by Crippen LogP contribution is -2.23. The summed E-state index contributed by atoms with van der Waals surface area (Å²) in [5.41, 5.74) is -0.653. The van der Waals surface area contributed by atoms with E-state index in [9.17, 15) is 30.8 Å². The number of rotatable bonds is 6. The Hall–Kier alpha value is -2.66. The molecular formula is C17H16F4N2O4S. The van der Waals surface area contributed by atoms with Crippen LogP contribution in [0.4, 0.5) is 23.2 Å². The summed E-state index contributed by atoms with van der Waals surface area (Å²) in [6.07, 6.45) is 0. The summed E-state index contributed by atoms with van der Waals surface area (Å²) in [6, 6.07) is 4.80. The molecule has 6 nitrogen and oxygen atoms in total. The Labute approximate surface area is 158 Å². The first-order valence-electron chi connectivity index (χ1n) is 7.72. The van der Waals surface area contributed by atoms with Crippen LogP contribution >= 0.6 is 0 Å². The second kappa shape index (κ2) is 8.15. The summed E-state index contributed by atoms with van der Waals surface area (Å²) < 4.78 is 81.9. The number of benzene rings is 2. The Morgan fingerprint density at radius 3 is 2.18 bits per heavy atom. The number of ether oxygens (including phenoxy) is 1. The number of amides is 1. The molecule has 0 unspecified atom stereocenters. The van der Waals surface area contributed by atoms with Crippen molar-refractivity contribution < 1.29 is 35.5 Å². The van der Waals surface area contributed by atoms with Crippen LogP contribution in [-0.4, -0.2) is 39.3 Å². The van der Waals surface area contributed by atoms with E-state index in [0.29, 0.717) is 17.7 Å². The molecule has 2 aromatic carbocycles. The van der Waals surface area contributed by atoms with E-state index >= 15 is 0 Å². The zero-order valence-corrected chi connectivity index (χ0v) is 15.8. The van der Waals surface area contributed by atoms with E-state index in [1.807, 2.05) is 0 Å². The molecule has 0 atom stereocenters. The lowest BCUT2D eigenvalue weighted by atomic mass is 10.1. The molecule has 0 aliphatic carbocycles. The SMILES string of the molecule is Cc1ccc(NC(=O)c2c(F)cc(OC(F)F)cc2F)cc1S(=O)(=O)N(C)C. The molecular weight excluding hydrogens is 404 g/mol. The topological polar surface area (TPSA) is 75.7 Å². The van der Waals surface area contributed by atoms with Crippen LogP contribution in [0.2, 0.25) is 0 Å². The second-order valence-electron chi connectivity index (χ2n) is 5.86. The molecule has 0 radical (unpaired) electrons. The molecule has 0 heterocycles. The number of alkyl halides is 2. The predicted molar refractivity (Wildman–Crippen MR) is 93.0 cm³/mol. The van der Waals surface area contributed by atoms with Crippen LogP contribution in [-0.2, 0) is 10.0 Å². The molecule has 0 spiro atoms. The Bertz CT molecular complexity index is 987. The predicted octanol–water partition coefficient (Wildman–Crippen LogP) is 3.38. The average Bonchev–Trinajstić information content (AvgIpc) is 2.55. The molecule has 0 bridgehead atoms. The van der Waals surface area contributed by atoms with Crippen LogP contribution in [0.15, 0.2) is 35.2 Å². The standard InChI is InChI=1S/C17H16F4N2O4S/c1-9-4-5-10(6-14(9)28(25,26)23(2)3)22-16(24)15-12(18)7-11(8-13(15)19)27-17(20)21/h4-8,17H,1-3H3,(H,22,24). The Kier molecular flexibility index (Phi) is 6.30. The first kappa shape index (κ1) is 21.6. The number of aryl methyl sites for hydroxylation is 1. The van der Waals surface area contributed by atoms with E-state index in [2.05, 4.69) is 10.1 Å². The van der Waals surface area contributed by atoms with Gasteiger partial charge >= 0.3 is 6.61 Å². The van der Waals surface area contributed by atoms with Crippen molar-refractivity contribution in [2.24, 2.45) is 0 Å². The van der Waals surface area contributed by atoms with Crippen LogP contribution in [0, 0.1) is 18.6 Å². The second-order valence-corrected chi connectivity index (χ2v) is 7.98. The maximum absolute atomic E-state index is 14.0. The average molecular weight is 420 g/mol. The van der Waals surface area contributed by atoms with Gasteiger partial charge in [-0.15, -0.1) is 0 Å². The summed E-state index contributed by atoms with van der Waals surface area (Å²) >= 11 is 0. The molecule has 1 amide bonds. The molecule has 0 aromatic heterocycles. The molecule has 2 rings (SSSR count). The molecule has 0 fully saturated rings. The number of sulfonamides is 1. The molecule has 1 N–H and O–H groups in total. The number of hydrogen-bond donors (Lipinski definition) is 1. The summed E-state index contributed by atoms with van der Waals surface area (Å²) in [7, 11) is -1.16. The van der Waals surface area contributed by atoms with E-state index < -0.39 is 45.5 Å². The van der Waals surface area contributed by atoms with Crippen LogP contribution < -0.4 is 10.1 Å². The fourth-order valence-corrected chi connectivity index (χ4v) is 3.43. The highest BCUT2D eigenvalue weighted by molar-refractivity contribution is 7.89. The van der Waals surface area contributed by atoms with E-state index in [0.717, 1.165) is 10.4 Å². The van der Waals surface area contributed by atoms with Gasteiger partial charge in [0.05, 0.1) is 4.90 Å². The van der Waals surface area contributed by atoms with Crippen molar-refractivity contribution in [3.63, 3.8) is 0 Å². The van der Waals surface area contributed by atoms with Crippen molar-refractivity contribution >= 4 is 21.6 Å². The number of halogens is 4. The maximum Gasteiger partial charge on any atom is 0.387 e. The van der Waals surface area contributed by atoms with E-state index in [1.165, 1.54) is 26.2 Å². The monoisotopic (exact) mass is 420 g/mol. The third-order valence-corrected chi connectivity index (χ3v) is 5.63. The van der Waals surface area contributed by atoms with Gasteiger partial charge in [0.2, 0.25) is 10.0 Å². The normalized spacial score (nSPS) is 11.8. The summed E-state index contributed by atoms with van der Waals surface area (Å²) in [6.45, 7) is -1.74. The van der Waals surface area contributed by atoms with Gasteiger partial charge in [0.1, 0.15) is 22.9 Å². The van der Waals surface area contributed by atoms with Gasteiger partial charge in [0.25, 0.3) is 5.91 Å². The fraction of sp³-hybridized carbons (Fsp3) is 0.235. The maximum atomic E-state index is 14.0. The highest BCUT2D eigenvalue weighted by atomic mass is 32.2. The first-order chi connectivity index (χ1) is 12.9. The zero-order chi connectivity index (χ0) is 21.2. The molecule has 0 aliphatic heterocycles. The first-order valence-corrected chi connectivity index (χ1v) is 9.16. The largest absolute Gasteiger partial charge is 0.435 e. The lowest BCUT2D eigenvalue weighted by molar-refractivity contribution is -0.0501. The van der Waals surface area contributed by atoms with E-state index in [1.54, 1.807) is 6.92 Å². The van der Waals surface area contributed by atoms with Gasteiger partial charge < -0.3 is 10.1 Å². The minimum absolute atomic E-state index is 0.0252. The van der Waals surface area contributed by atoms with E-state index in [4.69, 9.17) is 0 Å². The quantitative estimate of drug-likeness (QED) is 0.727. The molecule has 11 heteroatoms. The molecule has 2 aromatic rings. The number of nitrogens with one attached hydrogen (secondary N) is 1. The molecule has 0 aliphatic rings. The van der Waals surface area contributed by atoms with Gasteiger partial charge in [0.15, 0.2) is 0 Å². The fourth-order valence-electron chi connectivity index (χ4n) is 2.28. The van der Waals surface area contributed by atoms with Crippen molar-refractivity contribution in [1.82, 2.24) is 4.31 Å². The highest BCUT2D eigenvalue weighted by Crippen LogP contribution is 2.25. The molecule has 0 saturated heterocycles. The lowest BCUT2D eigenvalue weighted by Gasteiger charge is -2.15. The number of hydrogen-bond acceptors (Lipinski definition) is 4. The van der Waals surface area contributed by atoms with E-state index in [-0.39, 0.29) is 10.6 Å². The Morgan fingerprint density at radius 2 is 1.68 bits per heavy atom. The third-order valence-electron chi connectivity index (χ3n) is 3.67. The van der Waals surface area contributed by atoms with Gasteiger partial charge in [-0.25, -0.2) is 21.5 Å². The van der Waals surface area contributed by atoms with Crippen LogP contribution in [0.3, 0.4) is 0 Å². The zero-order valence-electron chi connectivity index (χ0n) is 15.0. The number of anilines is 1. The highest BCUT2D eigenvalue weighted by Gasteiger charge is 2.23. The molecule has 0 saturated carbocycles. The smallest absolute Gasteiger partial charge is 0.387 e. The molecule has 152 valence electrons. The summed E-state index contributed by atoms with van der Waals surface area (Å²) in [5.74, 6) is -4.84. The van der Waals surface area contributed by atoms with Crippen LogP contribution in [0.25, 0.3) is 0 Å². The third kappa shape index (κ3) is 4.60. The van der Waals surface area contributed by atoms with Crippen molar-refractivity contribution in [2.45, 2.75) is 18.4 Å². The van der Waals surface area contributed by atoms with Gasteiger partial charge in [0, 0.05) is 31.9 Å². The number of nitrogens with zero attached hydrogens (tertiary/aromatic N) is 1. The minimum Gasteiger partial charge on any atom is -0.435 e. The molecule has 28 heavy (non-hydrogen) atoms. The Morgan fingerprint density at radius 1 is 1.11 bits per heavy atom. The van der Waals surface area contributed by atoms with Gasteiger partial charge in [-0.3, -0.25) is 4.79 Å². The summed E-state index contributed by atoms with van der Waals surface area (Å²) in [5, 5.41) is 2.19. The minimum atomic E-state index is -3.82. The van der Waals surface area contributed by atoms with Crippen LogP contribution in [0.1, 0.15) is 15.9 Å².